The maximum atomic E-state index is 5.44. The number of hydrogen-bond donors (Lipinski definition) is 1. The summed E-state index contributed by atoms with van der Waals surface area (Å²) in [6.45, 7) is 4.02. The Kier molecular flexibility index (Phi) is 3.10. The molecule has 1 aliphatic rings. The van der Waals surface area contributed by atoms with Crippen molar-refractivity contribution >= 4 is 0 Å². The summed E-state index contributed by atoms with van der Waals surface area (Å²) in [5.41, 5.74) is 1.75. The fraction of sp³-hybridized carbons (Fsp3) is 0.583. The van der Waals surface area contributed by atoms with E-state index in [-0.39, 0.29) is 0 Å². The van der Waals surface area contributed by atoms with E-state index in [4.69, 9.17) is 4.42 Å². The van der Waals surface area contributed by atoms with E-state index in [2.05, 4.69) is 20.6 Å². The highest BCUT2D eigenvalue weighted by atomic mass is 16.3. The molecule has 0 radical (unpaired) electrons. The predicted molar refractivity (Wildman–Crippen MR) is 66.0 cm³/mol. The molecular weight excluding hydrogens is 230 g/mol. The lowest BCUT2D eigenvalue weighted by atomic mass is 10.1. The van der Waals surface area contributed by atoms with E-state index >= 15 is 0 Å². The van der Waals surface area contributed by atoms with Crippen LogP contribution in [-0.2, 0) is 0 Å². The number of nitrogens with zero attached hydrogens (tertiary/aromatic N) is 4. The predicted octanol–water partition coefficient (Wildman–Crippen LogP) is 1.56. The van der Waals surface area contributed by atoms with Gasteiger partial charge in [-0.05, 0) is 39.3 Å². The van der Waals surface area contributed by atoms with Crippen molar-refractivity contribution in [2.75, 3.05) is 13.1 Å². The maximum Gasteiger partial charge on any atom is 0.246 e. The van der Waals surface area contributed by atoms with Crippen LogP contribution in [0.25, 0.3) is 11.6 Å². The van der Waals surface area contributed by atoms with Crippen LogP contribution in [0.15, 0.2) is 16.9 Å². The van der Waals surface area contributed by atoms with Crippen LogP contribution in [-0.4, -0.2) is 33.1 Å². The molecule has 1 N–H and O–H groups in total. The standard InChI is InChI=1S/C12H17N5O/c1-9-8-18-12(15-9)11-7-14-16-17(11)10-3-2-5-13-6-4-10/h7-8,10,13H,2-6H2,1H3. The second kappa shape index (κ2) is 4.89. The lowest BCUT2D eigenvalue weighted by Crippen LogP contribution is -2.16. The molecular formula is C12H17N5O. The Hall–Kier alpha value is -1.69. The molecule has 1 saturated heterocycles. The first kappa shape index (κ1) is 11.4. The quantitative estimate of drug-likeness (QED) is 0.872. The van der Waals surface area contributed by atoms with Gasteiger partial charge in [0.25, 0.3) is 0 Å². The van der Waals surface area contributed by atoms with Crippen molar-refractivity contribution in [1.29, 1.82) is 0 Å². The lowest BCUT2D eigenvalue weighted by Gasteiger charge is -2.15. The van der Waals surface area contributed by atoms with Crippen LogP contribution in [0.2, 0.25) is 0 Å². The normalized spacial score (nSPS) is 20.8. The molecule has 1 aliphatic heterocycles. The highest BCUT2D eigenvalue weighted by Crippen LogP contribution is 2.25. The molecule has 0 saturated carbocycles. The fourth-order valence-electron chi connectivity index (χ4n) is 2.38. The second-order valence-corrected chi connectivity index (χ2v) is 4.69. The number of aromatic nitrogens is 4. The number of aryl methyl sites for hydroxylation is 1. The Morgan fingerprint density at radius 3 is 3.17 bits per heavy atom. The average molecular weight is 247 g/mol. The van der Waals surface area contributed by atoms with E-state index in [0.29, 0.717) is 11.9 Å². The van der Waals surface area contributed by atoms with Gasteiger partial charge in [-0.2, -0.15) is 0 Å². The minimum Gasteiger partial charge on any atom is -0.443 e. The Bertz CT molecular complexity index is 510. The summed E-state index contributed by atoms with van der Waals surface area (Å²) >= 11 is 0. The topological polar surface area (TPSA) is 68.8 Å². The third-order valence-electron chi connectivity index (χ3n) is 3.30. The lowest BCUT2D eigenvalue weighted by molar-refractivity contribution is 0.404. The van der Waals surface area contributed by atoms with Gasteiger partial charge >= 0.3 is 0 Å². The van der Waals surface area contributed by atoms with Gasteiger partial charge in [-0.15, -0.1) is 5.10 Å². The second-order valence-electron chi connectivity index (χ2n) is 4.69. The van der Waals surface area contributed by atoms with Gasteiger partial charge in [0, 0.05) is 0 Å². The molecule has 6 heteroatoms. The van der Waals surface area contributed by atoms with Crippen molar-refractivity contribution in [1.82, 2.24) is 25.3 Å². The molecule has 0 amide bonds. The Morgan fingerprint density at radius 2 is 2.33 bits per heavy atom. The zero-order valence-corrected chi connectivity index (χ0v) is 10.5. The molecule has 2 aromatic heterocycles. The molecule has 1 atom stereocenters. The molecule has 3 heterocycles. The summed E-state index contributed by atoms with van der Waals surface area (Å²) < 4.78 is 7.40. The van der Waals surface area contributed by atoms with E-state index in [1.165, 1.54) is 0 Å². The van der Waals surface area contributed by atoms with Gasteiger partial charge in [-0.25, -0.2) is 9.67 Å². The summed E-state index contributed by atoms with van der Waals surface area (Å²) in [6, 6.07) is 0.379. The summed E-state index contributed by atoms with van der Waals surface area (Å²) in [6.07, 6.45) is 6.72. The number of oxazole rings is 1. The minimum absolute atomic E-state index is 0.379. The smallest absolute Gasteiger partial charge is 0.246 e. The third kappa shape index (κ3) is 2.15. The highest BCUT2D eigenvalue weighted by molar-refractivity contribution is 5.45. The van der Waals surface area contributed by atoms with Crippen LogP contribution in [0.4, 0.5) is 0 Å². The highest BCUT2D eigenvalue weighted by Gasteiger charge is 2.20. The van der Waals surface area contributed by atoms with Crippen LogP contribution >= 0.6 is 0 Å². The molecule has 6 nitrogen and oxygen atoms in total. The molecule has 18 heavy (non-hydrogen) atoms. The van der Waals surface area contributed by atoms with Gasteiger partial charge in [0.2, 0.25) is 5.89 Å². The van der Waals surface area contributed by atoms with Crippen LogP contribution in [0.5, 0.6) is 0 Å². The SMILES string of the molecule is Cc1coc(-c2cnnn2C2CCCNCC2)n1. The van der Waals surface area contributed by atoms with Crippen LogP contribution in [0.3, 0.4) is 0 Å². The van der Waals surface area contributed by atoms with Crippen LogP contribution in [0, 0.1) is 6.92 Å². The first-order valence-electron chi connectivity index (χ1n) is 6.38. The summed E-state index contributed by atoms with van der Waals surface area (Å²) in [7, 11) is 0. The van der Waals surface area contributed by atoms with Crippen LogP contribution in [0.1, 0.15) is 31.0 Å². The summed E-state index contributed by atoms with van der Waals surface area (Å²) in [5, 5.41) is 11.6. The van der Waals surface area contributed by atoms with Gasteiger partial charge in [0.15, 0.2) is 0 Å². The first-order chi connectivity index (χ1) is 8.84. The first-order valence-corrected chi connectivity index (χ1v) is 6.38. The zero-order valence-electron chi connectivity index (χ0n) is 10.5. The van der Waals surface area contributed by atoms with Crippen molar-refractivity contribution < 1.29 is 4.42 Å². The molecule has 0 aliphatic carbocycles. The number of rotatable bonds is 2. The molecule has 0 bridgehead atoms. The van der Waals surface area contributed by atoms with Crippen molar-refractivity contribution in [2.24, 2.45) is 0 Å². The molecule has 3 rings (SSSR count). The van der Waals surface area contributed by atoms with Gasteiger partial charge < -0.3 is 9.73 Å². The van der Waals surface area contributed by atoms with Crippen molar-refractivity contribution in [3.05, 3.63) is 18.2 Å². The monoisotopic (exact) mass is 247 g/mol. The fourth-order valence-corrected chi connectivity index (χ4v) is 2.38. The largest absolute Gasteiger partial charge is 0.443 e. The van der Waals surface area contributed by atoms with Crippen molar-refractivity contribution in [3.63, 3.8) is 0 Å². The van der Waals surface area contributed by atoms with Crippen LogP contribution < -0.4 is 5.32 Å². The van der Waals surface area contributed by atoms with E-state index in [0.717, 1.165) is 43.7 Å². The Balaban J connectivity index is 1.90. The molecule has 0 spiro atoms. The number of hydrogen-bond acceptors (Lipinski definition) is 5. The Labute approximate surface area is 105 Å². The third-order valence-corrected chi connectivity index (χ3v) is 3.30. The molecule has 2 aromatic rings. The van der Waals surface area contributed by atoms with Crippen molar-refractivity contribution in [3.8, 4) is 11.6 Å². The molecule has 1 unspecified atom stereocenters. The van der Waals surface area contributed by atoms with Gasteiger partial charge in [0.1, 0.15) is 12.0 Å². The van der Waals surface area contributed by atoms with E-state index < -0.39 is 0 Å². The van der Waals surface area contributed by atoms with E-state index in [9.17, 15) is 0 Å². The summed E-state index contributed by atoms with van der Waals surface area (Å²) in [5.74, 6) is 0.606. The number of nitrogens with one attached hydrogen (secondary N) is 1. The van der Waals surface area contributed by atoms with E-state index in [1.54, 1.807) is 12.5 Å². The van der Waals surface area contributed by atoms with Crippen molar-refractivity contribution in [2.45, 2.75) is 32.2 Å². The molecule has 0 aromatic carbocycles. The zero-order chi connectivity index (χ0) is 12.4. The van der Waals surface area contributed by atoms with E-state index in [1.807, 2.05) is 11.6 Å². The van der Waals surface area contributed by atoms with Gasteiger partial charge in [-0.1, -0.05) is 5.21 Å². The molecule has 1 fully saturated rings. The Morgan fingerprint density at radius 1 is 1.39 bits per heavy atom. The van der Waals surface area contributed by atoms with Gasteiger partial charge in [0.05, 0.1) is 17.9 Å². The minimum atomic E-state index is 0.379. The maximum absolute atomic E-state index is 5.44. The average Bonchev–Trinajstić information content (AvgIpc) is 2.92. The summed E-state index contributed by atoms with van der Waals surface area (Å²) in [4.78, 5) is 4.35. The van der Waals surface area contributed by atoms with Gasteiger partial charge in [-0.3, -0.25) is 0 Å². The molecule has 96 valence electrons.